The molecule has 458 valence electrons. The fourth-order valence-corrected chi connectivity index (χ4v) is 9.26. The molecule has 85 heavy (non-hydrogen) atoms. The maximum absolute atomic E-state index is 13.9. The van der Waals surface area contributed by atoms with Crippen LogP contribution in [0.3, 0.4) is 0 Å². The van der Waals surface area contributed by atoms with E-state index in [0.29, 0.717) is 53.3 Å². The number of hydrogen-bond acceptors (Lipinski definition) is 19. The average molecular weight is 1190 g/mol. The highest BCUT2D eigenvalue weighted by Gasteiger charge is 2.48. The molecule has 29 nitrogen and oxygen atoms in total. The van der Waals surface area contributed by atoms with E-state index in [-0.39, 0.29) is 79.6 Å². The third-order valence-corrected chi connectivity index (χ3v) is 13.7. The second kappa shape index (κ2) is 30.5. The summed E-state index contributed by atoms with van der Waals surface area (Å²) in [7, 11) is 0. The zero-order valence-electron chi connectivity index (χ0n) is 46.9. The van der Waals surface area contributed by atoms with Crippen LogP contribution >= 0.6 is 0 Å². The largest absolute Gasteiger partial charge is 0.481 e. The van der Waals surface area contributed by atoms with Crippen LogP contribution in [0.5, 0.6) is 5.75 Å². The van der Waals surface area contributed by atoms with Crippen LogP contribution in [0, 0.1) is 0 Å². The minimum absolute atomic E-state index is 0.0226. The Kier molecular flexibility index (Phi) is 23.3. The first-order chi connectivity index (χ1) is 40.5. The fourth-order valence-electron chi connectivity index (χ4n) is 9.26. The average Bonchev–Trinajstić information content (AvgIpc) is 3.32. The number of aromatic nitrogens is 1. The monoisotopic (exact) mass is 1190 g/mol. The molecule has 2 aromatic carbocycles. The van der Waals surface area contributed by atoms with Gasteiger partial charge in [-0.05, 0) is 73.2 Å². The second-order valence-electron chi connectivity index (χ2n) is 20.2. The first-order valence-corrected chi connectivity index (χ1v) is 27.5. The Balaban J connectivity index is 1.12. The number of nitrogens with one attached hydrogen (secondary N) is 5. The van der Waals surface area contributed by atoms with Gasteiger partial charge in [-0.15, -0.1) is 0 Å². The number of aliphatic hydroxyl groups is 3. The summed E-state index contributed by atoms with van der Waals surface area (Å²) in [6.45, 7) is 5.77. The number of aliphatic imine (C=N–C) groups is 1. The minimum Gasteiger partial charge on any atom is -0.481 e. The number of fused-ring (bicyclic) bond motifs is 2. The van der Waals surface area contributed by atoms with E-state index in [4.69, 9.17) is 25.1 Å². The Morgan fingerprint density at radius 3 is 2.15 bits per heavy atom. The van der Waals surface area contributed by atoms with Crippen molar-refractivity contribution in [2.45, 2.75) is 134 Å². The summed E-state index contributed by atoms with van der Waals surface area (Å²) in [5, 5.41) is 72.0. The molecule has 7 atom stereocenters. The molecule has 0 aliphatic carbocycles. The normalized spacial score (nSPS) is 18.7. The van der Waals surface area contributed by atoms with Crippen molar-refractivity contribution in [1.82, 2.24) is 36.1 Å². The van der Waals surface area contributed by atoms with Crippen LogP contribution in [0.1, 0.15) is 115 Å². The molecule has 0 unspecified atom stereocenters. The predicted molar refractivity (Wildman–Crippen MR) is 299 cm³/mol. The van der Waals surface area contributed by atoms with Gasteiger partial charge in [0.1, 0.15) is 48.6 Å². The smallest absolute Gasteiger partial charge is 0.410 e. The third-order valence-electron chi connectivity index (χ3n) is 13.7. The number of rotatable bonds is 27. The molecule has 1 saturated heterocycles. The van der Waals surface area contributed by atoms with Gasteiger partial charge in [0.25, 0.3) is 11.8 Å². The van der Waals surface area contributed by atoms with Crippen molar-refractivity contribution in [3.63, 3.8) is 0 Å². The molecule has 6 rings (SSSR count). The van der Waals surface area contributed by atoms with Gasteiger partial charge in [0, 0.05) is 87.2 Å². The molecule has 13 N–H and O–H groups in total. The molecule has 0 bridgehead atoms. The zero-order chi connectivity index (χ0) is 62.1. The van der Waals surface area contributed by atoms with Gasteiger partial charge in [-0.25, -0.2) is 14.6 Å². The zero-order valence-corrected chi connectivity index (χ0v) is 46.9. The highest BCUT2D eigenvalue weighted by molar-refractivity contribution is 6.08. The fraction of sp³-hybridized carbons (Fsp3) is 0.464. The molecule has 0 radical (unpaired) electrons. The Morgan fingerprint density at radius 2 is 1.49 bits per heavy atom. The van der Waals surface area contributed by atoms with E-state index in [1.165, 1.54) is 36.2 Å². The van der Waals surface area contributed by atoms with E-state index in [1.54, 1.807) is 35.2 Å². The number of carbonyl (C=O) groups excluding carboxylic acids is 7. The number of aliphatic hydroxyl groups excluding tert-OH is 3. The number of carboxylic acid groups (broad SMARTS) is 3. The quantitative estimate of drug-likeness (QED) is 0.0467. The number of nitrogens with two attached hydrogens (primary N) is 1. The molecule has 3 aliphatic heterocycles. The van der Waals surface area contributed by atoms with Gasteiger partial charge in [0.2, 0.25) is 29.9 Å². The van der Waals surface area contributed by atoms with E-state index in [0.717, 1.165) is 12.8 Å². The molecule has 0 saturated carbocycles. The van der Waals surface area contributed by atoms with Gasteiger partial charge < -0.3 is 87.0 Å². The van der Waals surface area contributed by atoms with Crippen LogP contribution in [0.4, 0.5) is 16.2 Å². The number of carbonyl (C=O) groups is 10. The number of nitrogens with zero attached hydrogens (tertiary/aromatic N) is 4. The van der Waals surface area contributed by atoms with Crippen LogP contribution < -0.4 is 37.1 Å². The van der Waals surface area contributed by atoms with Crippen molar-refractivity contribution in [1.29, 1.82) is 0 Å². The Morgan fingerprint density at radius 1 is 0.812 bits per heavy atom. The van der Waals surface area contributed by atoms with Crippen LogP contribution in [0.2, 0.25) is 0 Å². The topological polar surface area (TPSA) is 438 Å². The molecule has 29 heteroatoms. The maximum atomic E-state index is 13.9. The summed E-state index contributed by atoms with van der Waals surface area (Å²) in [6.07, 6.45) is -7.62. The Bertz CT molecular complexity index is 3070. The lowest BCUT2D eigenvalue weighted by molar-refractivity contribution is -0.271. The third kappa shape index (κ3) is 18.0. The van der Waals surface area contributed by atoms with E-state index in [1.807, 2.05) is 13.8 Å². The van der Waals surface area contributed by atoms with Gasteiger partial charge >= 0.3 is 24.0 Å². The van der Waals surface area contributed by atoms with Crippen molar-refractivity contribution < 1.29 is 92.8 Å². The van der Waals surface area contributed by atoms with Gasteiger partial charge in [0.15, 0.2) is 6.10 Å². The van der Waals surface area contributed by atoms with E-state index in [2.05, 4.69) is 36.6 Å². The number of amidine groups is 1. The van der Waals surface area contributed by atoms with E-state index in [9.17, 15) is 73.5 Å². The number of pyridine rings is 1. The SMILES string of the molecule is CCCN(CCC)C(=O)C1=Cc2ccc(C(=O)Nc3cnc4c(c3)CN(C(=O)OCc3ccc(O[C@@H]5O[C@H](C(=O)O)[C@@H](O)[C@H](O)[C@H]5O)c(C(=O)NCCNC(=O)[C@H](CCC(=O)O)NC(=O)[C@H](CCC(=O)O)NC(=O)CC)c3)CC4)cc2N=C(N)C1. The Hall–Kier alpha value is -9.06. The van der Waals surface area contributed by atoms with E-state index >= 15 is 0 Å². The molecule has 1 fully saturated rings. The molecule has 1 aromatic heterocycles. The highest BCUT2D eigenvalue weighted by atomic mass is 16.7. The molecule has 0 spiro atoms. The van der Waals surface area contributed by atoms with Crippen LogP contribution in [-0.2, 0) is 62.6 Å². The summed E-state index contributed by atoms with van der Waals surface area (Å²) in [4.78, 5) is 140. The van der Waals surface area contributed by atoms with E-state index < -0.39 is 122 Å². The highest BCUT2D eigenvalue weighted by Crippen LogP contribution is 2.31. The van der Waals surface area contributed by atoms with Crippen molar-refractivity contribution in [3.05, 3.63) is 87.7 Å². The van der Waals surface area contributed by atoms with Gasteiger partial charge in [-0.2, -0.15) is 0 Å². The van der Waals surface area contributed by atoms with Crippen molar-refractivity contribution >= 4 is 82.7 Å². The summed E-state index contributed by atoms with van der Waals surface area (Å²) in [5.41, 5.74) is 9.51. The van der Waals surface area contributed by atoms with Crippen molar-refractivity contribution in [3.8, 4) is 5.75 Å². The second-order valence-corrected chi connectivity index (χ2v) is 20.2. The predicted octanol–water partition coefficient (Wildman–Crippen LogP) is 0.679. The molecular formula is C56H70N10O19. The molecule has 4 heterocycles. The first-order valence-electron chi connectivity index (χ1n) is 27.5. The summed E-state index contributed by atoms with van der Waals surface area (Å²) in [5.74, 6) is -8.41. The number of hydrogen-bond donors (Lipinski definition) is 12. The Labute approximate surface area is 487 Å². The number of ether oxygens (including phenoxy) is 3. The van der Waals surface area contributed by atoms with Gasteiger partial charge in [-0.3, -0.25) is 43.3 Å². The summed E-state index contributed by atoms with van der Waals surface area (Å²) < 4.78 is 16.6. The number of amides is 7. The number of carboxylic acids is 3. The van der Waals surface area contributed by atoms with Crippen LogP contribution in [0.15, 0.2) is 59.2 Å². The molecule has 3 aromatic rings. The van der Waals surface area contributed by atoms with Crippen LogP contribution in [0.25, 0.3) is 6.08 Å². The number of anilines is 1. The molecular weight excluding hydrogens is 1120 g/mol. The number of benzene rings is 2. The lowest BCUT2D eigenvalue weighted by Crippen LogP contribution is -2.61. The molecule has 3 aliphatic rings. The summed E-state index contributed by atoms with van der Waals surface area (Å²) in [6, 6.07) is 7.46. The lowest BCUT2D eigenvalue weighted by atomic mass is 9.99. The van der Waals surface area contributed by atoms with Gasteiger partial charge in [-0.1, -0.05) is 32.9 Å². The molecule has 7 amide bonds. The maximum Gasteiger partial charge on any atom is 0.410 e. The minimum atomic E-state index is -2.07. The standard InChI is InChI=1S/C56H70N10O19/c1-4-18-65(19-5-2)53(79)32-22-30-8-9-31(24-39(30)62-41(57)25-32)49(75)61-34-23-33-27-66(20-15-36(33)60-26-34)56(82)83-28-29-7-12-40(84-55-47(74)45(72)46(73)48(85-55)54(80)81)35(21-29)50(76)58-16-17-59-51(77)37(10-13-43(68)69)64-52(78)38(11-14-44(70)71)63-42(67)6-3/h7-9,12,21-24,26,37-38,45-48,55,72-74H,4-6,10-11,13-20,25,27-28H2,1-3H3,(H2,57,62)(H,58,76)(H,59,77)(H,61,75)(H,63,67)(H,64,78)(H,68,69)(H,70,71)(H,80,81)/t37-,38-,45-,46-,47+,48-,55+/m0/s1. The van der Waals surface area contributed by atoms with Crippen molar-refractivity contribution in [2.75, 3.05) is 38.0 Å². The van der Waals surface area contributed by atoms with Crippen molar-refractivity contribution in [2.24, 2.45) is 10.7 Å². The first kappa shape index (κ1) is 65.1. The lowest BCUT2D eigenvalue weighted by Gasteiger charge is -2.38. The number of aliphatic carboxylic acids is 3. The van der Waals surface area contributed by atoms with Gasteiger partial charge in [0.05, 0.1) is 29.7 Å². The van der Waals surface area contributed by atoms with Crippen LogP contribution in [-0.4, -0.2) is 186 Å². The summed E-state index contributed by atoms with van der Waals surface area (Å²) >= 11 is 0.